The van der Waals surface area contributed by atoms with Gasteiger partial charge in [-0.1, -0.05) is 39.7 Å². The van der Waals surface area contributed by atoms with Gasteiger partial charge in [0.15, 0.2) is 23.8 Å². The summed E-state index contributed by atoms with van der Waals surface area (Å²) in [7, 11) is 3.60. The van der Waals surface area contributed by atoms with Crippen molar-refractivity contribution < 1.29 is 61.6 Å². The zero-order valence-corrected chi connectivity index (χ0v) is 34.8. The van der Waals surface area contributed by atoms with Crippen molar-refractivity contribution in [3.05, 3.63) is 22.4 Å². The number of alkyl halides is 1. The maximum Gasteiger partial charge on any atom is 0.408 e. The molecule has 56 heavy (non-hydrogen) atoms. The van der Waals surface area contributed by atoms with Gasteiger partial charge < -0.3 is 38.6 Å². The Morgan fingerprint density at radius 1 is 1.09 bits per heavy atom. The molecular formula is C40H55FN2O12S. The number of alkyl carbamates (subject to hydrolysis) is 1. The van der Waals surface area contributed by atoms with E-state index in [9.17, 15) is 28.8 Å². The summed E-state index contributed by atoms with van der Waals surface area (Å²) >= 11 is 1.22. The van der Waals surface area contributed by atoms with Gasteiger partial charge in [-0.25, -0.2) is 14.0 Å². The van der Waals surface area contributed by atoms with Crippen LogP contribution < -0.4 is 5.32 Å². The fourth-order valence-electron chi connectivity index (χ4n) is 8.22. The summed E-state index contributed by atoms with van der Waals surface area (Å²) in [6.07, 6.45) is -6.03. The molecule has 0 spiro atoms. The number of esters is 2. The average Bonchev–Trinajstić information content (AvgIpc) is 3.78. The normalized spacial score (nSPS) is 38.3. The maximum absolute atomic E-state index is 16.9. The molecule has 1 amide bonds. The number of ketones is 3. The zero-order chi connectivity index (χ0) is 41.9. The van der Waals surface area contributed by atoms with Gasteiger partial charge in [0.2, 0.25) is 5.78 Å². The SMILES string of the molecule is CCC1OC(=O)[C@@](C)(F)C(=O)[C@H](C)[C@@H](O[C@@H]2O[C@H](C)C[C@H](N(C)C)[C@H]2OC(C)=O)[C@](C)(OCC#CC(=O)c2cccs2)C[C@@H](C)C(=O)[C@H](C)[C@H]2NC(=O)O[C@]12C. The highest BCUT2D eigenvalue weighted by Crippen LogP contribution is 2.41. The van der Waals surface area contributed by atoms with Crippen molar-refractivity contribution in [3.63, 3.8) is 0 Å². The maximum atomic E-state index is 16.9. The quantitative estimate of drug-likeness (QED) is 0.0976. The van der Waals surface area contributed by atoms with Crippen LogP contribution in [0.25, 0.3) is 0 Å². The van der Waals surface area contributed by atoms with Gasteiger partial charge in [-0.2, -0.15) is 0 Å². The van der Waals surface area contributed by atoms with Crippen LogP contribution in [0.5, 0.6) is 0 Å². The molecule has 1 aromatic heterocycles. The molecule has 0 bridgehead atoms. The van der Waals surface area contributed by atoms with Crippen LogP contribution in [0.3, 0.4) is 0 Å². The average molecular weight is 807 g/mol. The van der Waals surface area contributed by atoms with Gasteiger partial charge >= 0.3 is 18.0 Å². The van der Waals surface area contributed by atoms with E-state index in [1.807, 2.05) is 4.90 Å². The number of Topliss-reactive ketones (excluding diaryl/α,β-unsaturated/α-hetero) is 3. The van der Waals surface area contributed by atoms with Crippen molar-refractivity contribution in [2.24, 2.45) is 17.8 Å². The van der Waals surface area contributed by atoms with E-state index in [4.69, 9.17) is 28.4 Å². The van der Waals surface area contributed by atoms with Crippen LogP contribution in [0.4, 0.5) is 9.18 Å². The lowest BCUT2D eigenvalue weighted by Gasteiger charge is -2.48. The van der Waals surface area contributed by atoms with Gasteiger partial charge in [-0.05, 0) is 78.4 Å². The molecule has 13 atom stereocenters. The number of nitrogens with one attached hydrogen (secondary N) is 1. The standard InChI is InChI=1S/C40H55FN2O12S/c1-12-29-40(9)32(42-37(49)55-40)23(4)30(46)21(2)20-38(7,50-17-13-15-27(45)28-16-14-18-56-28)34(24(5)33(47)39(8,41)36(48)53-29)54-35-31(52-25(6)44)26(43(10)11)19-22(3)51-35/h14,16,18,21-24,26,29,31-32,34-35H,12,17,19-20H2,1-11H3,(H,42,49)/t21-,22-,23+,24+,26+,29?,31-,32-,34-,35+,38-,39+,40-/m1/s1. The van der Waals surface area contributed by atoms with Gasteiger partial charge in [-0.3, -0.25) is 19.2 Å². The number of halogens is 1. The fourth-order valence-corrected chi connectivity index (χ4v) is 8.84. The third kappa shape index (κ3) is 9.50. The Balaban J connectivity index is 1.88. The van der Waals surface area contributed by atoms with Crippen molar-refractivity contribution in [2.45, 2.75) is 141 Å². The van der Waals surface area contributed by atoms with E-state index in [0.29, 0.717) is 11.3 Å². The molecule has 4 rings (SSSR count). The Hall–Kier alpha value is -3.75. The molecule has 16 heteroatoms. The summed E-state index contributed by atoms with van der Waals surface area (Å²) in [5, 5.41) is 4.41. The van der Waals surface area contributed by atoms with Crippen LogP contribution in [-0.4, -0.2) is 121 Å². The van der Waals surface area contributed by atoms with Gasteiger partial charge in [0.1, 0.15) is 18.5 Å². The number of cyclic esters (lactones) is 1. The molecule has 1 aromatic rings. The molecule has 1 unspecified atom stereocenters. The number of carbonyl (C=O) groups is 6. The summed E-state index contributed by atoms with van der Waals surface area (Å²) in [5.41, 5.74) is -6.56. The third-order valence-electron chi connectivity index (χ3n) is 11.2. The first-order chi connectivity index (χ1) is 26.1. The minimum Gasteiger partial charge on any atom is -0.455 e. The van der Waals surface area contributed by atoms with E-state index in [0.717, 1.165) is 6.92 Å². The Morgan fingerprint density at radius 3 is 2.36 bits per heavy atom. The summed E-state index contributed by atoms with van der Waals surface area (Å²) in [6.45, 7) is 12.8. The number of likely N-dealkylation sites (N-methyl/N-ethyl adjacent to an activating group) is 1. The van der Waals surface area contributed by atoms with Gasteiger partial charge in [0.25, 0.3) is 5.67 Å². The Labute approximate surface area is 331 Å². The largest absolute Gasteiger partial charge is 0.455 e. The number of rotatable bonds is 8. The van der Waals surface area contributed by atoms with Crippen molar-refractivity contribution in [1.29, 1.82) is 0 Å². The summed E-state index contributed by atoms with van der Waals surface area (Å²) < 4.78 is 53.3. The first kappa shape index (κ1) is 45.0. The zero-order valence-electron chi connectivity index (χ0n) is 34.0. The predicted octanol–water partition coefficient (Wildman–Crippen LogP) is 4.46. The second-order valence-electron chi connectivity index (χ2n) is 15.9. The van der Waals surface area contributed by atoms with Crippen LogP contribution in [0.15, 0.2) is 17.5 Å². The van der Waals surface area contributed by atoms with Crippen LogP contribution >= 0.6 is 11.3 Å². The van der Waals surface area contributed by atoms with E-state index in [1.165, 1.54) is 32.1 Å². The van der Waals surface area contributed by atoms with Crippen molar-refractivity contribution >= 4 is 46.7 Å². The topological polar surface area (TPSA) is 173 Å². The molecule has 4 heterocycles. The number of fused-ring (bicyclic) bond motifs is 1. The predicted molar refractivity (Wildman–Crippen MR) is 201 cm³/mol. The highest BCUT2D eigenvalue weighted by molar-refractivity contribution is 7.12. The van der Waals surface area contributed by atoms with E-state index >= 15 is 4.39 Å². The Kier molecular flexibility index (Phi) is 14.3. The number of amides is 1. The van der Waals surface area contributed by atoms with Gasteiger partial charge in [0.05, 0.1) is 34.8 Å². The highest BCUT2D eigenvalue weighted by atomic mass is 32.1. The highest BCUT2D eigenvalue weighted by Gasteiger charge is 2.59. The molecular weight excluding hydrogens is 752 g/mol. The van der Waals surface area contributed by atoms with Gasteiger partial charge in [0, 0.05) is 24.7 Å². The van der Waals surface area contributed by atoms with Crippen molar-refractivity contribution in [2.75, 3.05) is 20.7 Å². The monoisotopic (exact) mass is 806 g/mol. The molecule has 1 N–H and O–H groups in total. The lowest BCUT2D eigenvalue weighted by atomic mass is 9.73. The summed E-state index contributed by atoms with van der Waals surface area (Å²) in [5.74, 6) is -2.19. The second kappa shape index (κ2) is 17.8. The lowest BCUT2D eigenvalue weighted by Crippen LogP contribution is -2.62. The second-order valence-corrected chi connectivity index (χ2v) is 16.8. The van der Waals surface area contributed by atoms with E-state index < -0.39 is 114 Å². The van der Waals surface area contributed by atoms with E-state index in [1.54, 1.807) is 66.2 Å². The van der Waals surface area contributed by atoms with Crippen LogP contribution in [0.1, 0.15) is 91.2 Å². The number of hydrogen-bond donors (Lipinski definition) is 1. The molecule has 310 valence electrons. The molecule has 3 aliphatic heterocycles. The lowest BCUT2D eigenvalue weighted by molar-refractivity contribution is -0.299. The van der Waals surface area contributed by atoms with Crippen molar-refractivity contribution in [1.82, 2.24) is 10.2 Å². The minimum atomic E-state index is -3.26. The molecule has 0 saturated carbocycles. The summed E-state index contributed by atoms with van der Waals surface area (Å²) in [6, 6.07) is 1.92. The van der Waals surface area contributed by atoms with E-state index in [-0.39, 0.29) is 18.6 Å². The third-order valence-corrected chi connectivity index (χ3v) is 12.0. The van der Waals surface area contributed by atoms with Crippen LogP contribution in [0, 0.1) is 29.6 Å². The smallest absolute Gasteiger partial charge is 0.408 e. The number of nitrogens with zero attached hydrogens (tertiary/aromatic N) is 1. The van der Waals surface area contributed by atoms with E-state index in [2.05, 4.69) is 17.2 Å². The molecule has 3 aliphatic rings. The first-order valence-electron chi connectivity index (χ1n) is 18.9. The molecule has 3 saturated heterocycles. The number of thiophene rings is 1. The van der Waals surface area contributed by atoms with Gasteiger partial charge in [-0.15, -0.1) is 11.3 Å². The molecule has 14 nitrogen and oxygen atoms in total. The fraction of sp³-hybridized carbons (Fsp3) is 0.700. The van der Waals surface area contributed by atoms with Crippen LogP contribution in [-0.2, 0) is 47.6 Å². The molecule has 3 fully saturated rings. The number of carbonyl (C=O) groups excluding carboxylic acids is 6. The van der Waals surface area contributed by atoms with Crippen molar-refractivity contribution in [3.8, 4) is 11.8 Å². The number of hydrogen-bond acceptors (Lipinski definition) is 14. The molecule has 0 radical (unpaired) electrons. The molecule has 0 aromatic carbocycles. The van der Waals surface area contributed by atoms with Crippen LogP contribution in [0.2, 0.25) is 0 Å². The Bertz CT molecular complexity index is 1710. The molecule has 0 aliphatic carbocycles. The minimum absolute atomic E-state index is 0.0550. The first-order valence-corrected chi connectivity index (χ1v) is 19.8. The number of ether oxygens (including phenoxy) is 6. The summed E-state index contributed by atoms with van der Waals surface area (Å²) in [4.78, 5) is 82.7. The Morgan fingerprint density at radius 2 is 1.77 bits per heavy atom.